The predicted molar refractivity (Wildman–Crippen MR) is 99.9 cm³/mol. The lowest BCUT2D eigenvalue weighted by atomic mass is 9.97. The average Bonchev–Trinajstić information content (AvgIpc) is 2.71. The fraction of sp³-hybridized carbons (Fsp3) is 0.389. The van der Waals surface area contributed by atoms with Crippen molar-refractivity contribution >= 4 is 29.0 Å². The van der Waals surface area contributed by atoms with Crippen LogP contribution >= 0.6 is 0 Å². The van der Waals surface area contributed by atoms with E-state index >= 15 is 0 Å². The van der Waals surface area contributed by atoms with Gasteiger partial charge in [-0.25, -0.2) is 18.7 Å². The predicted octanol–water partition coefficient (Wildman–Crippen LogP) is 3.19. The van der Waals surface area contributed by atoms with Gasteiger partial charge in [-0.3, -0.25) is 14.9 Å². The Kier molecular flexibility index (Phi) is 6.15. The van der Waals surface area contributed by atoms with Crippen LogP contribution in [0.25, 0.3) is 0 Å². The Morgan fingerprint density at radius 1 is 1.31 bits per heavy atom. The molecule has 0 spiro atoms. The summed E-state index contributed by atoms with van der Waals surface area (Å²) in [5.41, 5.74) is -0.274. The Labute approximate surface area is 164 Å². The standard InChI is InChI=1S/C18H19F2N5O4/c1-2-29-18(26)11-5-7-24(8-6-11)17-15(25(27)28)16(21-10-22-17)23-12-3-4-13(19)14(20)9-12/h3-4,9-11H,2,5-8H2,1H3,(H,21,22,23). The minimum absolute atomic E-state index is 0.0948. The topological polar surface area (TPSA) is 110 Å². The van der Waals surface area contributed by atoms with Gasteiger partial charge < -0.3 is 15.0 Å². The summed E-state index contributed by atoms with van der Waals surface area (Å²) in [5.74, 6) is -2.70. The Balaban J connectivity index is 1.83. The van der Waals surface area contributed by atoms with Crippen molar-refractivity contribution < 1.29 is 23.2 Å². The Morgan fingerprint density at radius 3 is 2.66 bits per heavy atom. The zero-order valence-electron chi connectivity index (χ0n) is 15.6. The number of ether oxygens (including phenoxy) is 1. The number of nitrogens with zero attached hydrogens (tertiary/aromatic N) is 4. The lowest BCUT2D eigenvalue weighted by Crippen LogP contribution is -2.37. The summed E-state index contributed by atoms with van der Waals surface area (Å²) in [5, 5.41) is 14.3. The maximum atomic E-state index is 13.4. The van der Waals surface area contributed by atoms with Crippen LogP contribution in [-0.4, -0.2) is 40.6 Å². The summed E-state index contributed by atoms with van der Waals surface area (Å²) in [6.07, 6.45) is 2.11. The highest BCUT2D eigenvalue weighted by atomic mass is 19.2. The number of hydrogen-bond acceptors (Lipinski definition) is 8. The molecule has 9 nitrogen and oxygen atoms in total. The Hall–Kier alpha value is -3.37. The number of aromatic nitrogens is 2. The Morgan fingerprint density at radius 2 is 2.03 bits per heavy atom. The molecule has 1 saturated heterocycles. The highest BCUT2D eigenvalue weighted by Crippen LogP contribution is 2.35. The molecule has 1 aromatic heterocycles. The Bertz CT molecular complexity index is 919. The number of nitro groups is 1. The molecular formula is C18H19F2N5O4. The molecule has 1 N–H and O–H groups in total. The van der Waals surface area contributed by atoms with Crippen molar-refractivity contribution in [3.63, 3.8) is 0 Å². The van der Waals surface area contributed by atoms with E-state index in [1.807, 2.05) is 0 Å². The smallest absolute Gasteiger partial charge is 0.353 e. The normalized spacial score (nSPS) is 14.5. The largest absolute Gasteiger partial charge is 0.466 e. The van der Waals surface area contributed by atoms with Crippen molar-refractivity contribution in [2.75, 3.05) is 29.9 Å². The molecule has 1 aliphatic heterocycles. The highest BCUT2D eigenvalue weighted by molar-refractivity contribution is 5.75. The molecule has 0 amide bonds. The van der Waals surface area contributed by atoms with Gasteiger partial charge in [-0.15, -0.1) is 0 Å². The molecule has 1 aliphatic rings. The van der Waals surface area contributed by atoms with E-state index in [0.29, 0.717) is 32.5 Å². The van der Waals surface area contributed by atoms with Gasteiger partial charge >= 0.3 is 11.7 Å². The molecule has 154 valence electrons. The van der Waals surface area contributed by atoms with Gasteiger partial charge in [0.05, 0.1) is 17.4 Å². The van der Waals surface area contributed by atoms with Crippen LogP contribution in [0, 0.1) is 27.7 Å². The van der Waals surface area contributed by atoms with Crippen LogP contribution in [0.15, 0.2) is 24.5 Å². The van der Waals surface area contributed by atoms with Gasteiger partial charge in [-0.05, 0) is 31.9 Å². The van der Waals surface area contributed by atoms with E-state index < -0.39 is 16.6 Å². The summed E-state index contributed by atoms with van der Waals surface area (Å²) < 4.78 is 31.6. The number of benzene rings is 1. The maximum absolute atomic E-state index is 13.4. The number of esters is 1. The molecule has 2 heterocycles. The number of piperidine rings is 1. The van der Waals surface area contributed by atoms with Gasteiger partial charge in [-0.1, -0.05) is 0 Å². The molecule has 0 bridgehead atoms. The lowest BCUT2D eigenvalue weighted by Gasteiger charge is -2.31. The molecule has 1 aromatic carbocycles. The second kappa shape index (κ2) is 8.76. The molecule has 0 atom stereocenters. The highest BCUT2D eigenvalue weighted by Gasteiger charge is 2.32. The number of anilines is 3. The van der Waals surface area contributed by atoms with Crippen LogP contribution in [0.1, 0.15) is 19.8 Å². The number of carbonyl (C=O) groups excluding carboxylic acids is 1. The summed E-state index contributed by atoms with van der Waals surface area (Å²) in [6.45, 7) is 2.80. The molecule has 0 aliphatic carbocycles. The molecule has 1 fully saturated rings. The third-order valence-corrected chi connectivity index (χ3v) is 4.58. The van der Waals surface area contributed by atoms with Crippen molar-refractivity contribution in [3.05, 3.63) is 46.3 Å². The van der Waals surface area contributed by atoms with Crippen molar-refractivity contribution in [3.8, 4) is 0 Å². The fourth-order valence-electron chi connectivity index (χ4n) is 3.16. The molecule has 0 unspecified atom stereocenters. The van der Waals surface area contributed by atoms with E-state index in [4.69, 9.17) is 4.74 Å². The van der Waals surface area contributed by atoms with E-state index in [1.54, 1.807) is 11.8 Å². The van der Waals surface area contributed by atoms with Crippen molar-refractivity contribution in [2.24, 2.45) is 5.92 Å². The van der Waals surface area contributed by atoms with Gasteiger partial charge in [0.1, 0.15) is 6.33 Å². The summed E-state index contributed by atoms with van der Waals surface area (Å²) in [7, 11) is 0. The number of hydrogen-bond donors (Lipinski definition) is 1. The SMILES string of the molecule is CCOC(=O)C1CCN(c2ncnc(Nc3ccc(F)c(F)c3)c2[N+](=O)[O-])CC1. The summed E-state index contributed by atoms with van der Waals surface area (Å²) in [6, 6.07) is 3.03. The second-order valence-electron chi connectivity index (χ2n) is 6.42. The molecular weight excluding hydrogens is 388 g/mol. The van der Waals surface area contributed by atoms with Gasteiger partial charge in [0.2, 0.25) is 11.6 Å². The molecule has 11 heteroatoms. The van der Waals surface area contributed by atoms with E-state index in [9.17, 15) is 23.7 Å². The number of rotatable bonds is 6. The third-order valence-electron chi connectivity index (χ3n) is 4.58. The average molecular weight is 407 g/mol. The zero-order valence-corrected chi connectivity index (χ0v) is 15.6. The van der Waals surface area contributed by atoms with Gasteiger partial charge in [-0.2, -0.15) is 0 Å². The number of halogens is 2. The fourth-order valence-corrected chi connectivity index (χ4v) is 3.16. The number of carbonyl (C=O) groups is 1. The van der Waals surface area contributed by atoms with Crippen LogP contribution in [-0.2, 0) is 9.53 Å². The second-order valence-corrected chi connectivity index (χ2v) is 6.42. The van der Waals surface area contributed by atoms with Crippen molar-refractivity contribution in [1.29, 1.82) is 0 Å². The van der Waals surface area contributed by atoms with Crippen LogP contribution < -0.4 is 10.2 Å². The first-order valence-corrected chi connectivity index (χ1v) is 9.03. The molecule has 3 rings (SSSR count). The van der Waals surface area contributed by atoms with Crippen LogP contribution in [0.4, 0.5) is 31.8 Å². The van der Waals surface area contributed by atoms with E-state index in [-0.39, 0.29) is 34.9 Å². The van der Waals surface area contributed by atoms with Crippen molar-refractivity contribution in [2.45, 2.75) is 19.8 Å². The minimum atomic E-state index is -1.09. The quantitative estimate of drug-likeness (QED) is 0.442. The van der Waals surface area contributed by atoms with Crippen LogP contribution in [0.2, 0.25) is 0 Å². The third kappa shape index (κ3) is 4.55. The first-order chi connectivity index (χ1) is 13.9. The first-order valence-electron chi connectivity index (χ1n) is 9.03. The van der Waals surface area contributed by atoms with Gasteiger partial charge in [0, 0.05) is 24.8 Å². The van der Waals surface area contributed by atoms with E-state index in [2.05, 4.69) is 15.3 Å². The van der Waals surface area contributed by atoms with Crippen LogP contribution in [0.3, 0.4) is 0 Å². The van der Waals surface area contributed by atoms with Gasteiger partial charge in [0.25, 0.3) is 0 Å². The minimum Gasteiger partial charge on any atom is -0.466 e. The summed E-state index contributed by atoms with van der Waals surface area (Å²) in [4.78, 5) is 32.6. The maximum Gasteiger partial charge on any atom is 0.353 e. The zero-order chi connectivity index (χ0) is 21.0. The van der Waals surface area contributed by atoms with Crippen LogP contribution in [0.5, 0.6) is 0 Å². The molecule has 29 heavy (non-hydrogen) atoms. The molecule has 0 saturated carbocycles. The molecule has 0 radical (unpaired) electrons. The van der Waals surface area contributed by atoms with Gasteiger partial charge in [0.15, 0.2) is 11.6 Å². The van der Waals surface area contributed by atoms with Crippen molar-refractivity contribution in [1.82, 2.24) is 9.97 Å². The number of nitrogens with one attached hydrogen (secondary N) is 1. The summed E-state index contributed by atoms with van der Waals surface area (Å²) >= 11 is 0. The lowest BCUT2D eigenvalue weighted by molar-refractivity contribution is -0.383. The first kappa shape index (κ1) is 20.4. The van der Waals surface area contributed by atoms with E-state index in [1.165, 1.54) is 6.07 Å². The van der Waals surface area contributed by atoms with E-state index in [0.717, 1.165) is 18.5 Å². The molecule has 2 aromatic rings. The monoisotopic (exact) mass is 407 g/mol.